The van der Waals surface area contributed by atoms with E-state index >= 15 is 0 Å². The van der Waals surface area contributed by atoms with Crippen molar-refractivity contribution < 1.29 is 38.4 Å². The first-order valence-corrected chi connectivity index (χ1v) is 26.5. The Labute approximate surface area is 379 Å². The van der Waals surface area contributed by atoms with Crippen molar-refractivity contribution in [3.63, 3.8) is 0 Å². The van der Waals surface area contributed by atoms with Gasteiger partial charge in [0.2, 0.25) is 0 Å². The van der Waals surface area contributed by atoms with Crippen LogP contribution in [0, 0.1) is 23.2 Å². The molecule has 0 radical (unpaired) electrons. The summed E-state index contributed by atoms with van der Waals surface area (Å²) in [5, 5.41) is 20.0. The second-order valence-electron chi connectivity index (χ2n) is 23.2. The molecule has 4 fully saturated rings. The number of carbonyl (C=O) groups excluding carboxylic acids is 2. The van der Waals surface area contributed by atoms with Crippen LogP contribution in [0.2, 0.25) is 25.7 Å². The summed E-state index contributed by atoms with van der Waals surface area (Å²) < 4.78 is 28.1. The molecule has 3 aromatic heterocycles. The molecular formula is C49H70N6O8Si. The zero-order valence-electron chi connectivity index (χ0n) is 40.4. The van der Waals surface area contributed by atoms with Crippen molar-refractivity contribution in [3.05, 3.63) is 53.6 Å². The fourth-order valence-corrected chi connectivity index (χ4v) is 12.4. The average Bonchev–Trinajstić information content (AvgIpc) is 3.68. The lowest BCUT2D eigenvalue weighted by molar-refractivity contribution is -0.248. The van der Waals surface area contributed by atoms with Gasteiger partial charge in [0, 0.05) is 62.6 Å². The zero-order chi connectivity index (χ0) is 46.8. The molecule has 64 heavy (non-hydrogen) atoms. The summed E-state index contributed by atoms with van der Waals surface area (Å²) >= 11 is 0. The third-order valence-electron chi connectivity index (χ3n) is 13.0. The summed E-state index contributed by atoms with van der Waals surface area (Å²) in [7, 11) is 0.454. The quantitative estimate of drug-likeness (QED) is 0.0687. The fourth-order valence-electron chi connectivity index (χ4n) is 11.6. The van der Waals surface area contributed by atoms with Gasteiger partial charge in [-0.2, -0.15) is 10.2 Å². The number of pyridine rings is 1. The van der Waals surface area contributed by atoms with E-state index in [4.69, 9.17) is 29.0 Å². The molecule has 14 nitrogen and oxygen atoms in total. The predicted molar refractivity (Wildman–Crippen MR) is 249 cm³/mol. The second kappa shape index (κ2) is 16.7. The highest BCUT2D eigenvalue weighted by Gasteiger charge is 2.66. The van der Waals surface area contributed by atoms with Gasteiger partial charge in [0.1, 0.15) is 17.9 Å². The summed E-state index contributed by atoms with van der Waals surface area (Å²) in [4.78, 5) is 45.7. The number of likely N-dealkylation sites (N-methyl/N-ethyl adjacent to an activating group) is 1. The van der Waals surface area contributed by atoms with Crippen LogP contribution >= 0.6 is 0 Å². The number of nitrogens with zero attached hydrogens (tertiary/aromatic N) is 6. The number of hydrogen-bond acceptors (Lipinski definition) is 10. The van der Waals surface area contributed by atoms with Gasteiger partial charge < -0.3 is 29.0 Å². The van der Waals surface area contributed by atoms with E-state index in [1.165, 1.54) is 0 Å². The van der Waals surface area contributed by atoms with Gasteiger partial charge >= 0.3 is 18.0 Å². The average molecular weight is 899 g/mol. The zero-order valence-corrected chi connectivity index (χ0v) is 41.4. The van der Waals surface area contributed by atoms with Crippen LogP contribution in [0.15, 0.2) is 36.5 Å². The van der Waals surface area contributed by atoms with Crippen molar-refractivity contribution in [2.24, 2.45) is 16.2 Å². The van der Waals surface area contributed by atoms with Crippen LogP contribution in [-0.4, -0.2) is 104 Å². The Morgan fingerprint density at radius 1 is 0.844 bits per heavy atom. The van der Waals surface area contributed by atoms with Crippen LogP contribution < -0.4 is 0 Å². The minimum Gasteiger partial charge on any atom is -0.476 e. The highest BCUT2D eigenvalue weighted by atomic mass is 28.3. The van der Waals surface area contributed by atoms with Gasteiger partial charge in [-0.15, -0.1) is 0 Å². The number of fused-ring (bicyclic) bond motifs is 1. The van der Waals surface area contributed by atoms with Crippen molar-refractivity contribution >= 4 is 37.0 Å². The molecular weight excluding hydrogens is 829 g/mol. The number of carboxylic acids is 1. The summed E-state index contributed by atoms with van der Waals surface area (Å²) in [5.41, 5.74) is 2.68. The number of benzene rings is 1. The Balaban J connectivity index is 1.17. The van der Waals surface area contributed by atoms with Gasteiger partial charge in [-0.1, -0.05) is 39.6 Å². The number of carbonyl (C=O) groups is 3. The van der Waals surface area contributed by atoms with Gasteiger partial charge in [-0.25, -0.2) is 24.0 Å². The summed E-state index contributed by atoms with van der Waals surface area (Å²) in [6, 6.07) is 10.2. The number of aromatic nitrogens is 5. The standard InChI is InChI=1S/C49H70N6O8Si/c1-32-36(23-50-54(32)30-48-25-46(8)24-47(9,26-48)28-49(27-46,29-48)61-19-18-53(10)43(59)63-45(5,6)7)34-15-16-37(51-40(34)42(58)62-44(2,3)4)33-14-17-38-35(22-33)39(41(56)57)52-55(38)31-60-20-21-64(11,12)13/h14-17,22-23H,18-21,24-31H2,1-13H3,(H,56,57). The van der Waals surface area contributed by atoms with Crippen molar-refractivity contribution in [2.45, 2.75) is 157 Å². The largest absolute Gasteiger partial charge is 0.476 e. The number of carboxylic acid groups (broad SMARTS) is 1. The molecule has 4 saturated carbocycles. The normalized spacial score (nSPS) is 24.3. The van der Waals surface area contributed by atoms with Gasteiger partial charge in [-0.3, -0.25) is 4.68 Å². The first-order valence-electron chi connectivity index (χ1n) is 22.8. The van der Waals surface area contributed by atoms with E-state index < -0.39 is 31.2 Å². The Morgan fingerprint density at radius 2 is 1.52 bits per heavy atom. The summed E-state index contributed by atoms with van der Waals surface area (Å²) in [6.45, 7) is 27.1. The summed E-state index contributed by atoms with van der Waals surface area (Å²) in [6.07, 6.45) is 7.68. The van der Waals surface area contributed by atoms with Gasteiger partial charge in [0.15, 0.2) is 11.4 Å². The molecule has 348 valence electrons. The molecule has 3 heterocycles. The smallest absolute Gasteiger partial charge is 0.410 e. The minimum atomic E-state index is -1.31. The molecule has 0 aliphatic heterocycles. The molecule has 2 unspecified atom stereocenters. The lowest BCUT2D eigenvalue weighted by Gasteiger charge is -2.69. The van der Waals surface area contributed by atoms with Gasteiger partial charge in [0.25, 0.3) is 0 Å². The molecule has 4 aliphatic carbocycles. The Morgan fingerprint density at radius 3 is 2.14 bits per heavy atom. The number of esters is 1. The second-order valence-corrected chi connectivity index (χ2v) is 28.9. The lowest BCUT2D eigenvalue weighted by atomic mass is 9.39. The number of ether oxygens (including phenoxy) is 4. The Bertz CT molecular complexity index is 2420. The van der Waals surface area contributed by atoms with Crippen molar-refractivity contribution in [2.75, 3.05) is 26.8 Å². The van der Waals surface area contributed by atoms with E-state index in [9.17, 15) is 19.5 Å². The van der Waals surface area contributed by atoms with E-state index in [1.807, 2.05) is 78.9 Å². The van der Waals surface area contributed by atoms with E-state index in [0.717, 1.165) is 55.8 Å². The third kappa shape index (κ3) is 10.4. The molecule has 2 atom stereocenters. The van der Waals surface area contributed by atoms with Crippen molar-refractivity contribution in [1.82, 2.24) is 29.4 Å². The first-order chi connectivity index (χ1) is 29.6. The Kier molecular flexibility index (Phi) is 12.3. The topological polar surface area (TPSA) is 160 Å². The highest BCUT2D eigenvalue weighted by Crippen LogP contribution is 2.72. The van der Waals surface area contributed by atoms with E-state index in [2.05, 4.69) is 43.3 Å². The van der Waals surface area contributed by atoms with Crippen LogP contribution in [-0.2, 0) is 32.2 Å². The molecule has 4 aromatic rings. The third-order valence-corrected chi connectivity index (χ3v) is 14.7. The van der Waals surface area contributed by atoms with Crippen LogP contribution in [0.4, 0.5) is 4.79 Å². The van der Waals surface area contributed by atoms with E-state index in [0.29, 0.717) is 54.0 Å². The van der Waals surface area contributed by atoms with Crippen LogP contribution in [0.5, 0.6) is 0 Å². The molecule has 1 N–H and O–H groups in total. The summed E-state index contributed by atoms with van der Waals surface area (Å²) in [5.74, 6) is -1.71. The fraction of sp³-hybridized carbons (Fsp3) is 0.633. The lowest BCUT2D eigenvalue weighted by Crippen LogP contribution is -2.64. The predicted octanol–water partition coefficient (Wildman–Crippen LogP) is 10.2. The SMILES string of the molecule is Cc1c(-c2ccc(-c3ccc4c(c3)c(C(=O)O)nn4COCC[Si](C)(C)C)nc2C(=O)OC(C)(C)C)cnn1CC12CC3(C)CC(C)(C1)CC(OCCN(C)C(=O)OC(C)(C)C)(C3)C2. The molecule has 0 spiro atoms. The number of rotatable bonds is 15. The molecule has 1 aromatic carbocycles. The van der Waals surface area contributed by atoms with Crippen molar-refractivity contribution in [1.29, 1.82) is 0 Å². The molecule has 15 heteroatoms. The maximum Gasteiger partial charge on any atom is 0.410 e. The highest BCUT2D eigenvalue weighted by molar-refractivity contribution is 6.76. The van der Waals surface area contributed by atoms with Crippen LogP contribution in [0.3, 0.4) is 0 Å². The molecule has 1 amide bonds. The first kappa shape index (κ1) is 47.4. The number of amides is 1. The maximum absolute atomic E-state index is 14.1. The van der Waals surface area contributed by atoms with Crippen LogP contribution in [0.25, 0.3) is 33.3 Å². The maximum atomic E-state index is 14.1. The Hall–Kier alpha value is -4.60. The van der Waals surface area contributed by atoms with Crippen molar-refractivity contribution in [3.8, 4) is 22.4 Å². The molecule has 4 aliphatic rings. The van der Waals surface area contributed by atoms with Gasteiger partial charge in [-0.05, 0) is 134 Å². The van der Waals surface area contributed by atoms with Crippen LogP contribution in [0.1, 0.15) is 121 Å². The minimum absolute atomic E-state index is 0.0547. The molecule has 4 bridgehead atoms. The monoisotopic (exact) mass is 899 g/mol. The molecule has 8 rings (SSSR count). The number of aromatic carboxylic acids is 1. The van der Waals surface area contributed by atoms with E-state index in [-0.39, 0.29) is 46.1 Å². The van der Waals surface area contributed by atoms with Gasteiger partial charge in [0.05, 0.1) is 29.6 Å². The van der Waals surface area contributed by atoms with E-state index in [1.54, 1.807) is 22.7 Å². The number of hydrogen-bond donors (Lipinski definition) is 1. The molecule has 0 saturated heterocycles.